The van der Waals surface area contributed by atoms with Gasteiger partial charge >= 0.3 is 0 Å². The van der Waals surface area contributed by atoms with Gasteiger partial charge in [0.05, 0.1) is 11.4 Å². The Kier molecular flexibility index (Phi) is 4.10. The molecule has 2 aromatic carbocycles. The summed E-state index contributed by atoms with van der Waals surface area (Å²) in [5.74, 6) is 0. The summed E-state index contributed by atoms with van der Waals surface area (Å²) < 4.78 is 2.70. The van der Waals surface area contributed by atoms with Crippen LogP contribution in [0.15, 0.2) is 53.9 Å². The minimum absolute atomic E-state index is 0.760. The molecule has 0 atom stereocenters. The fraction of sp³-hybridized carbons (Fsp3) is 0.0625. The van der Waals surface area contributed by atoms with E-state index in [0.717, 1.165) is 31.5 Å². The second-order valence-electron chi connectivity index (χ2n) is 4.61. The highest BCUT2D eigenvalue weighted by Gasteiger charge is 2.11. The van der Waals surface area contributed by atoms with Crippen molar-refractivity contribution in [1.82, 2.24) is 4.68 Å². The third-order valence-electron chi connectivity index (χ3n) is 3.25. The Labute approximate surface area is 137 Å². The van der Waals surface area contributed by atoms with Crippen LogP contribution in [0.5, 0.6) is 0 Å². The maximum atomic E-state index is 6.23. The molecule has 0 aliphatic carbocycles. The number of nitrogens with one attached hydrogen (secondary N) is 1. The van der Waals surface area contributed by atoms with Crippen molar-refractivity contribution in [2.45, 2.75) is 6.92 Å². The number of hydrogen-bond acceptors (Lipinski definition) is 3. The summed E-state index contributed by atoms with van der Waals surface area (Å²) in [5.41, 5.74) is 7.49. The molecule has 1 aromatic heterocycles. The van der Waals surface area contributed by atoms with E-state index in [4.69, 9.17) is 23.8 Å². The molecule has 0 fully saturated rings. The highest BCUT2D eigenvalue weighted by atomic mass is 35.5. The fourth-order valence-corrected chi connectivity index (χ4v) is 3.28. The van der Waals surface area contributed by atoms with E-state index in [1.807, 2.05) is 54.1 Å². The van der Waals surface area contributed by atoms with E-state index in [1.54, 1.807) is 0 Å². The van der Waals surface area contributed by atoms with Gasteiger partial charge in [0.2, 0.25) is 0 Å². The highest BCUT2D eigenvalue weighted by Crippen LogP contribution is 2.30. The number of thiazole rings is 1. The monoisotopic (exact) mass is 332 g/mol. The number of para-hydroxylation sites is 1. The van der Waals surface area contributed by atoms with Crippen LogP contribution in [0.4, 0.5) is 5.69 Å². The summed E-state index contributed by atoms with van der Waals surface area (Å²) in [6, 6.07) is 15.9. The average molecular weight is 333 g/mol. The molecule has 0 radical (unpaired) electrons. The Hall–Kier alpha value is -1.62. The van der Waals surface area contributed by atoms with E-state index in [-0.39, 0.29) is 0 Å². The van der Waals surface area contributed by atoms with Crippen molar-refractivity contribution < 1.29 is 0 Å². The molecule has 21 heavy (non-hydrogen) atoms. The topological polar surface area (TPSA) is 17.0 Å². The second-order valence-corrected chi connectivity index (χ2v) is 6.52. The van der Waals surface area contributed by atoms with Crippen molar-refractivity contribution in [2.75, 3.05) is 5.43 Å². The molecule has 5 heteroatoms. The van der Waals surface area contributed by atoms with Crippen LogP contribution >= 0.6 is 35.2 Å². The second kappa shape index (κ2) is 6.02. The molecule has 0 unspecified atom stereocenters. The van der Waals surface area contributed by atoms with Crippen molar-refractivity contribution in [2.24, 2.45) is 0 Å². The van der Waals surface area contributed by atoms with Gasteiger partial charge < -0.3 is 0 Å². The van der Waals surface area contributed by atoms with Crippen LogP contribution < -0.4 is 5.43 Å². The van der Waals surface area contributed by atoms with Crippen LogP contribution in [-0.2, 0) is 0 Å². The van der Waals surface area contributed by atoms with Gasteiger partial charge in [-0.15, -0.1) is 11.3 Å². The zero-order chi connectivity index (χ0) is 14.8. The van der Waals surface area contributed by atoms with Gasteiger partial charge in [-0.05, 0) is 42.9 Å². The third-order valence-corrected chi connectivity index (χ3v) is 4.86. The van der Waals surface area contributed by atoms with Crippen LogP contribution in [0, 0.1) is 10.9 Å². The van der Waals surface area contributed by atoms with E-state index < -0.39 is 0 Å². The number of rotatable bonds is 3. The summed E-state index contributed by atoms with van der Waals surface area (Å²) in [5, 5.41) is 2.81. The first-order valence-electron chi connectivity index (χ1n) is 6.45. The molecule has 0 aliphatic heterocycles. The molecule has 0 amide bonds. The van der Waals surface area contributed by atoms with Gasteiger partial charge in [0.15, 0.2) is 3.95 Å². The SMILES string of the molecule is Cc1c(Cl)cccc1-c1csc(=S)n1Nc1ccccc1. The molecule has 0 aliphatic rings. The predicted molar refractivity (Wildman–Crippen MR) is 93.8 cm³/mol. The maximum Gasteiger partial charge on any atom is 0.180 e. The summed E-state index contributed by atoms with van der Waals surface area (Å²) in [4.78, 5) is 0. The van der Waals surface area contributed by atoms with Gasteiger partial charge in [-0.2, -0.15) is 0 Å². The molecule has 106 valence electrons. The van der Waals surface area contributed by atoms with E-state index in [2.05, 4.69) is 16.9 Å². The van der Waals surface area contributed by atoms with Crippen LogP contribution in [-0.4, -0.2) is 4.68 Å². The third kappa shape index (κ3) is 2.88. The normalized spacial score (nSPS) is 10.6. The molecule has 1 N–H and O–H groups in total. The molecular weight excluding hydrogens is 320 g/mol. The molecule has 2 nitrogen and oxygen atoms in total. The largest absolute Gasteiger partial charge is 0.292 e. The smallest absolute Gasteiger partial charge is 0.180 e. The standard InChI is InChI=1S/C16H13ClN2S2/c1-11-13(8-5-9-14(11)17)15-10-21-16(20)19(15)18-12-6-3-2-4-7-12/h2-10,18H,1H3. The first kappa shape index (κ1) is 14.3. The Bertz CT molecular complexity index is 822. The lowest BCUT2D eigenvalue weighted by atomic mass is 10.1. The summed E-state index contributed by atoms with van der Waals surface area (Å²) in [6.07, 6.45) is 0. The van der Waals surface area contributed by atoms with Crippen LogP contribution in [0.3, 0.4) is 0 Å². The van der Waals surface area contributed by atoms with Gasteiger partial charge in [0.25, 0.3) is 0 Å². The minimum Gasteiger partial charge on any atom is -0.292 e. The Morgan fingerprint density at radius 1 is 1.10 bits per heavy atom. The molecule has 3 aromatic rings. The van der Waals surface area contributed by atoms with Crippen molar-refractivity contribution in [3.05, 3.63) is 68.5 Å². The Morgan fingerprint density at radius 3 is 2.62 bits per heavy atom. The Balaban J connectivity index is 2.09. The maximum absolute atomic E-state index is 6.23. The van der Waals surface area contributed by atoms with Crippen molar-refractivity contribution in [3.63, 3.8) is 0 Å². The lowest BCUT2D eigenvalue weighted by molar-refractivity contribution is 0.970. The van der Waals surface area contributed by atoms with Gasteiger partial charge in [0.1, 0.15) is 0 Å². The lowest BCUT2D eigenvalue weighted by Crippen LogP contribution is -2.10. The van der Waals surface area contributed by atoms with Gasteiger partial charge in [-0.1, -0.05) is 41.9 Å². The number of nitrogens with zero attached hydrogens (tertiary/aromatic N) is 1. The van der Waals surface area contributed by atoms with E-state index in [0.29, 0.717) is 0 Å². The average Bonchev–Trinajstić information content (AvgIpc) is 2.84. The van der Waals surface area contributed by atoms with Crippen molar-refractivity contribution in [3.8, 4) is 11.3 Å². The zero-order valence-electron chi connectivity index (χ0n) is 11.3. The summed E-state index contributed by atoms with van der Waals surface area (Å²) in [6.45, 7) is 2.02. The van der Waals surface area contributed by atoms with Crippen LogP contribution in [0.25, 0.3) is 11.3 Å². The van der Waals surface area contributed by atoms with Gasteiger partial charge in [-0.25, -0.2) is 4.68 Å². The predicted octanol–water partition coefficient (Wildman–Crippen LogP) is 5.78. The van der Waals surface area contributed by atoms with Gasteiger partial charge in [-0.3, -0.25) is 5.43 Å². The Morgan fingerprint density at radius 2 is 1.86 bits per heavy atom. The van der Waals surface area contributed by atoms with Crippen molar-refractivity contribution >= 4 is 40.8 Å². The number of anilines is 1. The van der Waals surface area contributed by atoms with E-state index >= 15 is 0 Å². The molecule has 0 saturated heterocycles. The molecule has 0 spiro atoms. The number of halogens is 1. The number of aromatic nitrogens is 1. The van der Waals surface area contributed by atoms with Crippen LogP contribution in [0.2, 0.25) is 5.02 Å². The quantitative estimate of drug-likeness (QED) is 0.612. The lowest BCUT2D eigenvalue weighted by Gasteiger charge is -2.13. The summed E-state index contributed by atoms with van der Waals surface area (Å²) in [7, 11) is 0. The minimum atomic E-state index is 0.760. The number of benzene rings is 2. The van der Waals surface area contributed by atoms with E-state index in [1.165, 1.54) is 11.3 Å². The molecule has 0 saturated carbocycles. The van der Waals surface area contributed by atoms with Gasteiger partial charge in [0, 0.05) is 16.0 Å². The first-order valence-corrected chi connectivity index (χ1v) is 8.11. The molecule has 1 heterocycles. The molecule has 0 bridgehead atoms. The van der Waals surface area contributed by atoms with E-state index in [9.17, 15) is 0 Å². The summed E-state index contributed by atoms with van der Waals surface area (Å²) >= 11 is 13.2. The van der Waals surface area contributed by atoms with Crippen molar-refractivity contribution in [1.29, 1.82) is 0 Å². The zero-order valence-corrected chi connectivity index (χ0v) is 13.7. The highest BCUT2D eigenvalue weighted by molar-refractivity contribution is 7.73. The molecule has 3 rings (SSSR count). The van der Waals surface area contributed by atoms with Crippen LogP contribution in [0.1, 0.15) is 5.56 Å². The number of hydrogen-bond donors (Lipinski definition) is 1. The molecular formula is C16H13ClN2S2. The fourth-order valence-electron chi connectivity index (χ4n) is 2.13. The first-order chi connectivity index (χ1) is 10.2.